The van der Waals surface area contributed by atoms with E-state index in [0.29, 0.717) is 19.8 Å². The topological polar surface area (TPSA) is 93.1 Å². The Bertz CT molecular complexity index is 747. The minimum Gasteiger partial charge on any atom is -0.490 e. The summed E-state index contributed by atoms with van der Waals surface area (Å²) in [7, 11) is -3.92. The average molecular weight is 373 g/mol. The highest BCUT2D eigenvalue weighted by Gasteiger charge is 2.36. The molecule has 0 spiro atoms. The smallest absolute Gasteiger partial charge is 0.307 e. The predicted molar refractivity (Wildman–Crippen MR) is 85.3 cm³/mol. The van der Waals surface area contributed by atoms with Crippen molar-refractivity contribution >= 4 is 16.0 Å². The SMILES string of the molecule is O=C(O)C1CCN(S(=O)(=O)c2ccc(OCC3CCOC3)c(F)c2)C1. The van der Waals surface area contributed by atoms with Gasteiger partial charge in [0.15, 0.2) is 11.6 Å². The zero-order chi connectivity index (χ0) is 18.0. The van der Waals surface area contributed by atoms with Crippen molar-refractivity contribution < 1.29 is 32.2 Å². The molecule has 0 bridgehead atoms. The van der Waals surface area contributed by atoms with Gasteiger partial charge in [-0.25, -0.2) is 12.8 Å². The van der Waals surface area contributed by atoms with E-state index in [4.69, 9.17) is 14.6 Å². The van der Waals surface area contributed by atoms with Gasteiger partial charge in [0.2, 0.25) is 10.0 Å². The number of benzene rings is 1. The van der Waals surface area contributed by atoms with Crippen LogP contribution in [-0.2, 0) is 19.6 Å². The van der Waals surface area contributed by atoms with E-state index in [1.54, 1.807) is 0 Å². The Morgan fingerprint density at radius 3 is 2.80 bits per heavy atom. The molecule has 7 nitrogen and oxygen atoms in total. The molecule has 2 fully saturated rings. The molecule has 2 aliphatic rings. The lowest BCUT2D eigenvalue weighted by molar-refractivity contribution is -0.141. The fourth-order valence-corrected chi connectivity index (χ4v) is 4.49. The van der Waals surface area contributed by atoms with Crippen LogP contribution >= 0.6 is 0 Å². The van der Waals surface area contributed by atoms with Gasteiger partial charge >= 0.3 is 5.97 Å². The molecule has 0 saturated carbocycles. The number of sulfonamides is 1. The molecule has 2 aliphatic heterocycles. The van der Waals surface area contributed by atoms with Crippen LogP contribution in [0.15, 0.2) is 23.1 Å². The number of ether oxygens (including phenoxy) is 2. The number of halogens is 1. The Morgan fingerprint density at radius 2 is 2.20 bits per heavy atom. The van der Waals surface area contributed by atoms with Gasteiger partial charge in [0, 0.05) is 25.6 Å². The molecular weight excluding hydrogens is 353 g/mol. The summed E-state index contributed by atoms with van der Waals surface area (Å²) in [5, 5.41) is 8.99. The van der Waals surface area contributed by atoms with Crippen LogP contribution in [-0.4, -0.2) is 56.7 Å². The van der Waals surface area contributed by atoms with Crippen molar-refractivity contribution in [3.05, 3.63) is 24.0 Å². The van der Waals surface area contributed by atoms with Crippen molar-refractivity contribution in [3.8, 4) is 5.75 Å². The molecule has 2 heterocycles. The summed E-state index contributed by atoms with van der Waals surface area (Å²) in [6.45, 7) is 1.57. The summed E-state index contributed by atoms with van der Waals surface area (Å²) in [4.78, 5) is 10.8. The van der Waals surface area contributed by atoms with Crippen LogP contribution in [0.2, 0.25) is 0 Å². The van der Waals surface area contributed by atoms with Gasteiger partial charge in [-0.15, -0.1) is 0 Å². The van der Waals surface area contributed by atoms with Crippen LogP contribution < -0.4 is 4.74 Å². The van der Waals surface area contributed by atoms with Gasteiger partial charge in [-0.2, -0.15) is 4.31 Å². The summed E-state index contributed by atoms with van der Waals surface area (Å²) >= 11 is 0. The third-order valence-corrected chi connectivity index (χ3v) is 6.40. The first-order chi connectivity index (χ1) is 11.9. The number of nitrogens with zero attached hydrogens (tertiary/aromatic N) is 1. The molecule has 1 N–H and O–H groups in total. The maximum atomic E-state index is 14.2. The third kappa shape index (κ3) is 3.94. The minimum absolute atomic E-state index is 0.00400. The van der Waals surface area contributed by atoms with Gasteiger partial charge in [0.05, 0.1) is 24.0 Å². The minimum atomic E-state index is -3.92. The first-order valence-electron chi connectivity index (χ1n) is 8.11. The number of aliphatic carboxylic acids is 1. The van der Waals surface area contributed by atoms with Crippen LogP contribution in [0.5, 0.6) is 5.75 Å². The van der Waals surface area contributed by atoms with Gasteiger partial charge in [-0.3, -0.25) is 4.79 Å². The Balaban J connectivity index is 1.69. The average Bonchev–Trinajstić information content (AvgIpc) is 3.25. The number of hydrogen-bond acceptors (Lipinski definition) is 5. The molecule has 2 unspecified atom stereocenters. The van der Waals surface area contributed by atoms with Crippen molar-refractivity contribution in [2.75, 3.05) is 32.9 Å². The number of rotatable bonds is 6. The lowest BCUT2D eigenvalue weighted by atomic mass is 10.1. The van der Waals surface area contributed by atoms with Gasteiger partial charge in [0.25, 0.3) is 0 Å². The molecule has 0 aromatic heterocycles. The maximum Gasteiger partial charge on any atom is 0.307 e. The normalized spacial score (nSPS) is 24.5. The van der Waals surface area contributed by atoms with E-state index in [9.17, 15) is 17.6 Å². The Hall–Kier alpha value is -1.71. The molecule has 9 heteroatoms. The van der Waals surface area contributed by atoms with E-state index in [0.717, 1.165) is 16.8 Å². The molecule has 1 aromatic carbocycles. The Kier molecular flexibility index (Phi) is 5.26. The van der Waals surface area contributed by atoms with Crippen molar-refractivity contribution in [1.29, 1.82) is 0 Å². The monoisotopic (exact) mass is 373 g/mol. The molecule has 2 atom stereocenters. The number of hydrogen-bond donors (Lipinski definition) is 1. The second kappa shape index (κ2) is 7.27. The van der Waals surface area contributed by atoms with Gasteiger partial charge in [-0.05, 0) is 31.0 Å². The van der Waals surface area contributed by atoms with E-state index in [-0.39, 0.29) is 36.1 Å². The molecular formula is C16H20FNO6S. The second-order valence-corrected chi connectivity index (χ2v) is 8.26. The summed E-state index contributed by atoms with van der Waals surface area (Å²) in [6, 6.07) is 3.50. The quantitative estimate of drug-likeness (QED) is 0.809. The first kappa shape index (κ1) is 18.1. The summed E-state index contributed by atoms with van der Waals surface area (Å²) < 4.78 is 51.0. The second-order valence-electron chi connectivity index (χ2n) is 6.32. The lowest BCUT2D eigenvalue weighted by Crippen LogP contribution is -2.30. The number of carboxylic acids is 1. The van der Waals surface area contributed by atoms with Crippen molar-refractivity contribution in [2.45, 2.75) is 17.7 Å². The van der Waals surface area contributed by atoms with Crippen LogP contribution in [0.25, 0.3) is 0 Å². The molecule has 3 rings (SSSR count). The van der Waals surface area contributed by atoms with Crippen LogP contribution in [0.4, 0.5) is 4.39 Å². The molecule has 1 aromatic rings. The van der Waals surface area contributed by atoms with E-state index in [2.05, 4.69) is 0 Å². The Labute approximate surface area is 145 Å². The van der Waals surface area contributed by atoms with Crippen LogP contribution in [0, 0.1) is 17.7 Å². The Morgan fingerprint density at radius 1 is 1.40 bits per heavy atom. The summed E-state index contributed by atoms with van der Waals surface area (Å²) in [5.41, 5.74) is 0. The predicted octanol–water partition coefficient (Wildman–Crippen LogP) is 1.34. The highest BCUT2D eigenvalue weighted by Crippen LogP contribution is 2.28. The summed E-state index contributed by atoms with van der Waals surface area (Å²) in [6.07, 6.45) is 1.11. The zero-order valence-electron chi connectivity index (χ0n) is 13.6. The molecule has 0 radical (unpaired) electrons. The molecule has 2 saturated heterocycles. The lowest BCUT2D eigenvalue weighted by Gasteiger charge is -2.17. The fraction of sp³-hybridized carbons (Fsp3) is 0.562. The molecule has 25 heavy (non-hydrogen) atoms. The third-order valence-electron chi connectivity index (χ3n) is 4.54. The van der Waals surface area contributed by atoms with Gasteiger partial charge < -0.3 is 14.6 Å². The highest BCUT2D eigenvalue weighted by molar-refractivity contribution is 7.89. The van der Waals surface area contributed by atoms with Gasteiger partial charge in [0.1, 0.15) is 0 Å². The standard InChI is InChI=1S/C16H20FNO6S/c17-14-7-13(1-2-15(14)24-10-11-4-6-23-9-11)25(21,22)18-5-3-12(8-18)16(19)20/h1-2,7,11-12H,3-6,8-10H2,(H,19,20). The van der Waals surface area contributed by atoms with Crippen molar-refractivity contribution in [3.63, 3.8) is 0 Å². The van der Waals surface area contributed by atoms with Crippen LogP contribution in [0.3, 0.4) is 0 Å². The molecule has 0 amide bonds. The largest absolute Gasteiger partial charge is 0.490 e. The van der Waals surface area contributed by atoms with E-state index in [1.165, 1.54) is 12.1 Å². The van der Waals surface area contributed by atoms with Crippen molar-refractivity contribution in [2.24, 2.45) is 11.8 Å². The highest BCUT2D eigenvalue weighted by atomic mass is 32.2. The zero-order valence-corrected chi connectivity index (χ0v) is 14.4. The van der Waals surface area contributed by atoms with Gasteiger partial charge in [-0.1, -0.05) is 0 Å². The van der Waals surface area contributed by atoms with E-state index in [1.807, 2.05) is 0 Å². The molecule has 0 aliphatic carbocycles. The fourth-order valence-electron chi connectivity index (χ4n) is 2.98. The number of carboxylic acid groups (broad SMARTS) is 1. The first-order valence-corrected chi connectivity index (χ1v) is 9.55. The maximum absolute atomic E-state index is 14.2. The number of carbonyl (C=O) groups is 1. The van der Waals surface area contributed by atoms with E-state index < -0.39 is 27.7 Å². The van der Waals surface area contributed by atoms with Crippen molar-refractivity contribution in [1.82, 2.24) is 4.31 Å². The van der Waals surface area contributed by atoms with Crippen LogP contribution in [0.1, 0.15) is 12.8 Å². The van der Waals surface area contributed by atoms with E-state index >= 15 is 0 Å². The molecule has 138 valence electrons. The summed E-state index contributed by atoms with van der Waals surface area (Å²) in [5.74, 6) is -2.30.